The zero-order chi connectivity index (χ0) is 25.4. The molecule has 0 aromatic heterocycles. The first-order chi connectivity index (χ1) is 16.6. The van der Waals surface area contributed by atoms with Gasteiger partial charge in [0.25, 0.3) is 0 Å². The molecule has 2 aliphatic heterocycles. The number of hydrogen-bond donors (Lipinski definition) is 0. The van der Waals surface area contributed by atoms with E-state index >= 15 is 0 Å². The molecule has 0 aliphatic carbocycles. The van der Waals surface area contributed by atoms with Crippen LogP contribution in [-0.2, 0) is 9.53 Å². The lowest BCUT2D eigenvalue weighted by Crippen LogP contribution is -2.57. The highest BCUT2D eigenvalue weighted by atomic mass is 35.5. The van der Waals surface area contributed by atoms with Crippen LogP contribution in [0.5, 0.6) is 0 Å². The molecule has 1 saturated heterocycles. The highest BCUT2D eigenvalue weighted by Crippen LogP contribution is 2.52. The van der Waals surface area contributed by atoms with Gasteiger partial charge in [0.15, 0.2) is 0 Å². The van der Waals surface area contributed by atoms with Gasteiger partial charge in [-0.25, -0.2) is 4.99 Å². The number of piperidine rings is 1. The van der Waals surface area contributed by atoms with Gasteiger partial charge in [-0.15, -0.1) is 6.58 Å². The summed E-state index contributed by atoms with van der Waals surface area (Å²) in [5.74, 6) is 0.748. The number of ether oxygens (including phenoxy) is 1. The number of hydrogen-bond acceptors (Lipinski definition) is 3. The number of likely N-dealkylation sites (tertiary alicyclic amines) is 1. The molecule has 2 heterocycles. The number of allylic oxidation sites excluding steroid dienone is 1. The van der Waals surface area contributed by atoms with E-state index in [-0.39, 0.29) is 29.4 Å². The molecule has 6 heteroatoms. The molecule has 4 rings (SSSR count). The Kier molecular flexibility index (Phi) is 7.36. The molecule has 1 unspecified atom stereocenters. The lowest BCUT2D eigenvalue weighted by atomic mass is 9.67. The maximum absolute atomic E-state index is 14.4. The number of carbonyl (C=O) groups is 1. The van der Waals surface area contributed by atoms with E-state index in [9.17, 15) is 4.79 Å². The molecule has 2 aromatic carbocycles. The van der Waals surface area contributed by atoms with Crippen LogP contribution in [0, 0.1) is 5.41 Å². The van der Waals surface area contributed by atoms with Gasteiger partial charge < -0.3 is 9.64 Å². The van der Waals surface area contributed by atoms with Crippen LogP contribution < -0.4 is 0 Å². The van der Waals surface area contributed by atoms with E-state index in [1.165, 1.54) is 0 Å². The van der Waals surface area contributed by atoms with E-state index < -0.39 is 5.41 Å². The Hall–Kier alpha value is -2.30. The Morgan fingerprint density at radius 2 is 1.86 bits per heavy atom. The molecule has 1 amide bonds. The maximum Gasteiger partial charge on any atom is 0.230 e. The predicted molar refractivity (Wildman–Crippen MR) is 144 cm³/mol. The first-order valence-corrected chi connectivity index (χ1v) is 13.0. The third-order valence-corrected chi connectivity index (χ3v) is 7.67. The van der Waals surface area contributed by atoms with Crippen molar-refractivity contribution in [2.24, 2.45) is 10.4 Å². The van der Waals surface area contributed by atoms with Crippen LogP contribution in [0.25, 0.3) is 0 Å². The molecule has 186 valence electrons. The third kappa shape index (κ3) is 5.15. The fourth-order valence-corrected chi connectivity index (χ4v) is 5.83. The molecule has 1 fully saturated rings. The number of rotatable bonds is 7. The molecule has 0 spiro atoms. The van der Waals surface area contributed by atoms with Gasteiger partial charge in [-0.05, 0) is 68.5 Å². The minimum absolute atomic E-state index is 0.0154. The normalized spacial score (nSPS) is 26.7. The Balaban J connectivity index is 1.92. The average molecular weight is 514 g/mol. The van der Waals surface area contributed by atoms with Crippen LogP contribution in [0.3, 0.4) is 0 Å². The van der Waals surface area contributed by atoms with Crippen molar-refractivity contribution in [3.8, 4) is 0 Å². The predicted octanol–water partition coefficient (Wildman–Crippen LogP) is 7.62. The minimum Gasteiger partial charge on any atom is -0.477 e. The zero-order valence-electron chi connectivity index (χ0n) is 20.9. The van der Waals surface area contributed by atoms with E-state index in [0.717, 1.165) is 11.1 Å². The summed E-state index contributed by atoms with van der Waals surface area (Å²) in [5.41, 5.74) is 1.22. The summed E-state index contributed by atoms with van der Waals surface area (Å²) >= 11 is 12.7. The number of aliphatic imine (C=N–C) groups is 1. The molecule has 2 aliphatic rings. The SMILES string of the molecule is C=CC[C@@]1(C)CC(c2cccc(Cl)c2)[C@@H](c2ccc(Cl)cc2)N([C@@H](CC)C2=NC(C)(C)CO2)C1=O. The zero-order valence-corrected chi connectivity index (χ0v) is 22.4. The summed E-state index contributed by atoms with van der Waals surface area (Å²) in [4.78, 5) is 21.3. The molecule has 0 bridgehead atoms. The topological polar surface area (TPSA) is 41.9 Å². The standard InChI is InChI=1S/C29H34Cl2N2O2/c1-6-15-29(5)17-23(20-9-8-10-22(31)16-20)25(19-11-13-21(30)14-12-19)33(27(29)34)24(7-2)26-32-28(3,4)18-35-26/h6,8-14,16,23-25H,1,7,15,17-18H2,2-5H3/t23?,24-,25+,29-/m0/s1. The van der Waals surface area contributed by atoms with Crippen LogP contribution in [0.4, 0.5) is 0 Å². The molecule has 0 radical (unpaired) electrons. The van der Waals surface area contributed by atoms with Crippen molar-refractivity contribution in [3.63, 3.8) is 0 Å². The van der Waals surface area contributed by atoms with Crippen LogP contribution in [0.15, 0.2) is 66.2 Å². The van der Waals surface area contributed by atoms with E-state index in [1.807, 2.05) is 60.4 Å². The van der Waals surface area contributed by atoms with Crippen molar-refractivity contribution in [2.45, 2.75) is 70.5 Å². The molecular weight excluding hydrogens is 479 g/mol. The number of nitrogens with zero attached hydrogens (tertiary/aromatic N) is 2. The monoisotopic (exact) mass is 512 g/mol. The lowest BCUT2D eigenvalue weighted by Gasteiger charge is -2.51. The second kappa shape index (κ2) is 9.99. The van der Waals surface area contributed by atoms with E-state index in [1.54, 1.807) is 0 Å². The van der Waals surface area contributed by atoms with Crippen molar-refractivity contribution < 1.29 is 9.53 Å². The quantitative estimate of drug-likeness (QED) is 0.358. The largest absolute Gasteiger partial charge is 0.477 e. The summed E-state index contributed by atoms with van der Waals surface area (Å²) in [6.07, 6.45) is 3.80. The fraction of sp³-hybridized carbons (Fsp3) is 0.448. The summed E-state index contributed by atoms with van der Waals surface area (Å²) in [6.45, 7) is 12.7. The Morgan fingerprint density at radius 1 is 1.14 bits per heavy atom. The van der Waals surface area contributed by atoms with Crippen molar-refractivity contribution >= 4 is 35.0 Å². The average Bonchev–Trinajstić information content (AvgIpc) is 3.17. The maximum atomic E-state index is 14.4. The van der Waals surface area contributed by atoms with Gasteiger partial charge in [-0.1, -0.05) is 67.4 Å². The van der Waals surface area contributed by atoms with Crippen molar-refractivity contribution in [3.05, 3.63) is 82.4 Å². The molecule has 2 aromatic rings. The number of amides is 1. The second-order valence-corrected chi connectivity index (χ2v) is 11.5. The van der Waals surface area contributed by atoms with E-state index in [0.29, 0.717) is 41.8 Å². The Labute approximate surface area is 219 Å². The summed E-state index contributed by atoms with van der Waals surface area (Å²) in [6, 6.07) is 15.3. The number of halogens is 2. The first kappa shape index (κ1) is 25.8. The highest BCUT2D eigenvalue weighted by Gasteiger charge is 2.52. The van der Waals surface area contributed by atoms with Crippen LogP contribution in [0.1, 0.15) is 70.0 Å². The highest BCUT2D eigenvalue weighted by molar-refractivity contribution is 6.30. The van der Waals surface area contributed by atoms with Gasteiger partial charge >= 0.3 is 0 Å². The minimum atomic E-state index is -0.611. The van der Waals surface area contributed by atoms with E-state index in [2.05, 4.69) is 33.4 Å². The molecular formula is C29H34Cl2N2O2. The number of benzene rings is 2. The molecule has 4 nitrogen and oxygen atoms in total. The van der Waals surface area contributed by atoms with Crippen molar-refractivity contribution in [2.75, 3.05) is 6.61 Å². The molecule has 0 saturated carbocycles. The van der Waals surface area contributed by atoms with E-state index in [4.69, 9.17) is 32.9 Å². The van der Waals surface area contributed by atoms with Gasteiger partial charge in [-0.3, -0.25) is 4.79 Å². The van der Waals surface area contributed by atoms with Gasteiger partial charge in [0.1, 0.15) is 12.6 Å². The second-order valence-electron chi connectivity index (χ2n) is 10.6. The van der Waals surface area contributed by atoms with Crippen molar-refractivity contribution in [1.29, 1.82) is 0 Å². The molecule has 0 N–H and O–H groups in total. The summed E-state index contributed by atoms with van der Waals surface area (Å²) in [7, 11) is 0. The first-order valence-electron chi connectivity index (χ1n) is 12.3. The summed E-state index contributed by atoms with van der Waals surface area (Å²) in [5, 5.41) is 1.35. The van der Waals surface area contributed by atoms with Gasteiger partial charge in [0.2, 0.25) is 11.8 Å². The van der Waals surface area contributed by atoms with Gasteiger partial charge in [-0.2, -0.15) is 0 Å². The Bertz CT molecular complexity index is 1130. The Morgan fingerprint density at radius 3 is 2.43 bits per heavy atom. The van der Waals surface area contributed by atoms with Crippen LogP contribution >= 0.6 is 23.2 Å². The van der Waals surface area contributed by atoms with Crippen molar-refractivity contribution in [1.82, 2.24) is 4.90 Å². The van der Waals surface area contributed by atoms with Gasteiger partial charge in [0.05, 0.1) is 17.0 Å². The molecule has 35 heavy (non-hydrogen) atoms. The lowest BCUT2D eigenvalue weighted by molar-refractivity contribution is -0.153. The summed E-state index contributed by atoms with van der Waals surface area (Å²) < 4.78 is 6.11. The smallest absolute Gasteiger partial charge is 0.230 e. The third-order valence-electron chi connectivity index (χ3n) is 7.18. The van der Waals surface area contributed by atoms with Gasteiger partial charge in [0, 0.05) is 16.0 Å². The fourth-order valence-electron chi connectivity index (χ4n) is 5.51. The molecule has 4 atom stereocenters. The van der Waals surface area contributed by atoms with Crippen LogP contribution in [0.2, 0.25) is 10.0 Å². The number of carbonyl (C=O) groups excluding carboxylic acids is 1. The van der Waals surface area contributed by atoms with Crippen LogP contribution in [-0.4, -0.2) is 34.9 Å².